The summed E-state index contributed by atoms with van der Waals surface area (Å²) in [5.41, 5.74) is 8.61. The average molecular weight is 343 g/mol. The van der Waals surface area contributed by atoms with Crippen molar-refractivity contribution in [3.05, 3.63) is 29.3 Å². The highest BCUT2D eigenvalue weighted by Crippen LogP contribution is 2.31. The number of rotatable bonds is 3. The van der Waals surface area contributed by atoms with Gasteiger partial charge in [-0.2, -0.15) is 0 Å². The number of benzene rings is 1. The van der Waals surface area contributed by atoms with Crippen LogP contribution in [0.1, 0.15) is 49.7 Å². The van der Waals surface area contributed by atoms with Gasteiger partial charge in [0.2, 0.25) is 11.8 Å². The molecule has 0 radical (unpaired) electrons. The number of fused-ring (bicyclic) bond motifs is 1. The first-order valence-electron chi connectivity index (χ1n) is 9.22. The molecule has 2 fully saturated rings. The fourth-order valence-electron chi connectivity index (χ4n) is 4.17. The number of nitrogens with zero attached hydrogens (tertiary/aromatic N) is 1. The lowest BCUT2D eigenvalue weighted by molar-refractivity contribution is -0.137. The van der Waals surface area contributed by atoms with E-state index in [1.165, 1.54) is 24.0 Å². The Morgan fingerprint density at radius 3 is 2.68 bits per heavy atom. The Morgan fingerprint density at radius 1 is 1.08 bits per heavy atom. The van der Waals surface area contributed by atoms with Crippen molar-refractivity contribution in [3.8, 4) is 5.75 Å². The number of carbonyl (C=O) groups is 2. The second-order valence-corrected chi connectivity index (χ2v) is 7.41. The molecule has 0 bridgehead atoms. The molecule has 1 saturated heterocycles. The SMILES string of the molecule is N[C@H]1CCCC[C@@H]1Oc1ccc2c(c1)CN(C1CCC(=O)NC1=O)C2. The van der Waals surface area contributed by atoms with Crippen molar-refractivity contribution in [2.45, 2.75) is 69.8 Å². The van der Waals surface area contributed by atoms with Crippen molar-refractivity contribution in [1.82, 2.24) is 10.2 Å². The zero-order valence-electron chi connectivity index (χ0n) is 14.4. The second kappa shape index (κ2) is 6.77. The molecule has 2 amide bonds. The van der Waals surface area contributed by atoms with E-state index in [9.17, 15) is 9.59 Å². The number of ether oxygens (including phenoxy) is 1. The lowest BCUT2D eigenvalue weighted by Gasteiger charge is -2.29. The lowest BCUT2D eigenvalue weighted by Crippen LogP contribution is -2.50. The summed E-state index contributed by atoms with van der Waals surface area (Å²) in [6.07, 6.45) is 5.51. The maximum atomic E-state index is 12.1. The molecule has 1 aromatic rings. The fourth-order valence-corrected chi connectivity index (χ4v) is 4.17. The Bertz CT molecular complexity index is 690. The van der Waals surface area contributed by atoms with Crippen LogP contribution in [0.3, 0.4) is 0 Å². The lowest BCUT2D eigenvalue weighted by atomic mass is 9.93. The zero-order chi connectivity index (χ0) is 17.4. The Hall–Kier alpha value is -1.92. The molecule has 2 aliphatic heterocycles. The van der Waals surface area contributed by atoms with Crippen molar-refractivity contribution in [3.63, 3.8) is 0 Å². The number of amides is 2. The van der Waals surface area contributed by atoms with Crippen LogP contribution in [-0.2, 0) is 22.7 Å². The topological polar surface area (TPSA) is 84.7 Å². The van der Waals surface area contributed by atoms with Crippen LogP contribution in [0.4, 0.5) is 0 Å². The van der Waals surface area contributed by atoms with Gasteiger partial charge in [0.25, 0.3) is 0 Å². The first kappa shape index (κ1) is 16.5. The third kappa shape index (κ3) is 3.41. The highest BCUT2D eigenvalue weighted by molar-refractivity contribution is 6.00. The molecule has 1 aliphatic carbocycles. The van der Waals surface area contributed by atoms with Gasteiger partial charge in [0.15, 0.2) is 0 Å². The van der Waals surface area contributed by atoms with Gasteiger partial charge >= 0.3 is 0 Å². The van der Waals surface area contributed by atoms with Gasteiger partial charge in [-0.25, -0.2) is 0 Å². The van der Waals surface area contributed by atoms with Crippen LogP contribution in [0.25, 0.3) is 0 Å². The van der Waals surface area contributed by atoms with E-state index in [0.29, 0.717) is 12.8 Å². The summed E-state index contributed by atoms with van der Waals surface area (Å²) in [7, 11) is 0. The van der Waals surface area contributed by atoms with Gasteiger partial charge in [-0.05, 0) is 48.9 Å². The monoisotopic (exact) mass is 343 g/mol. The average Bonchev–Trinajstić information content (AvgIpc) is 3.00. The van der Waals surface area contributed by atoms with E-state index in [0.717, 1.165) is 31.7 Å². The Labute approximate surface area is 147 Å². The number of imide groups is 1. The normalized spacial score (nSPS) is 30.0. The number of carbonyl (C=O) groups excluding carboxylic acids is 2. The van der Waals surface area contributed by atoms with Gasteiger partial charge in [-0.1, -0.05) is 12.5 Å². The minimum Gasteiger partial charge on any atom is -0.489 e. The highest BCUT2D eigenvalue weighted by atomic mass is 16.5. The van der Waals surface area contributed by atoms with E-state index < -0.39 is 0 Å². The molecule has 3 atom stereocenters. The van der Waals surface area contributed by atoms with Crippen LogP contribution in [0, 0.1) is 0 Å². The number of nitrogens with one attached hydrogen (secondary N) is 1. The van der Waals surface area contributed by atoms with Gasteiger partial charge in [0, 0.05) is 25.6 Å². The standard InChI is InChI=1S/C19H25N3O3/c20-15-3-1-2-4-17(15)25-14-6-5-12-10-22(11-13(12)9-14)16-7-8-18(23)21-19(16)24/h5-6,9,15-17H,1-4,7-8,10-11,20H2,(H,21,23,24)/t15-,16?,17-/m0/s1. The predicted octanol–water partition coefficient (Wildman–Crippen LogP) is 1.46. The fraction of sp³-hybridized carbons (Fsp3) is 0.579. The van der Waals surface area contributed by atoms with Crippen LogP contribution >= 0.6 is 0 Å². The maximum Gasteiger partial charge on any atom is 0.243 e. The van der Waals surface area contributed by atoms with Crippen molar-refractivity contribution in [2.75, 3.05) is 0 Å². The van der Waals surface area contributed by atoms with E-state index >= 15 is 0 Å². The smallest absolute Gasteiger partial charge is 0.243 e. The van der Waals surface area contributed by atoms with E-state index in [1.807, 2.05) is 6.07 Å². The summed E-state index contributed by atoms with van der Waals surface area (Å²) in [6.45, 7) is 1.46. The molecule has 3 aliphatic rings. The molecule has 2 heterocycles. The highest BCUT2D eigenvalue weighted by Gasteiger charge is 2.35. The van der Waals surface area contributed by atoms with Crippen LogP contribution < -0.4 is 15.8 Å². The third-order valence-electron chi connectivity index (χ3n) is 5.62. The number of nitrogens with two attached hydrogens (primary N) is 1. The first-order valence-corrected chi connectivity index (χ1v) is 9.22. The summed E-state index contributed by atoms with van der Waals surface area (Å²) in [5.74, 6) is 0.525. The maximum absolute atomic E-state index is 12.1. The van der Waals surface area contributed by atoms with Crippen LogP contribution in [-0.4, -0.2) is 34.9 Å². The molecule has 134 valence electrons. The second-order valence-electron chi connectivity index (χ2n) is 7.41. The Kier molecular flexibility index (Phi) is 4.48. The zero-order valence-corrected chi connectivity index (χ0v) is 14.4. The molecule has 1 aromatic carbocycles. The van der Waals surface area contributed by atoms with Crippen LogP contribution in [0.2, 0.25) is 0 Å². The van der Waals surface area contributed by atoms with Crippen molar-refractivity contribution in [1.29, 1.82) is 0 Å². The minimum absolute atomic E-state index is 0.0967. The molecule has 1 saturated carbocycles. The Morgan fingerprint density at radius 2 is 1.88 bits per heavy atom. The molecule has 6 nitrogen and oxygen atoms in total. The molecule has 25 heavy (non-hydrogen) atoms. The van der Waals surface area contributed by atoms with E-state index in [2.05, 4.69) is 22.3 Å². The number of piperidine rings is 1. The third-order valence-corrected chi connectivity index (χ3v) is 5.62. The molecule has 1 unspecified atom stereocenters. The largest absolute Gasteiger partial charge is 0.489 e. The first-order chi connectivity index (χ1) is 12.1. The van der Waals surface area contributed by atoms with E-state index in [4.69, 9.17) is 10.5 Å². The molecular formula is C19H25N3O3. The molecule has 0 spiro atoms. The summed E-state index contributed by atoms with van der Waals surface area (Å²) in [6, 6.07) is 6.07. The van der Waals surface area contributed by atoms with Crippen LogP contribution in [0.5, 0.6) is 5.75 Å². The van der Waals surface area contributed by atoms with Gasteiger partial charge in [0.1, 0.15) is 11.9 Å². The summed E-state index contributed by atoms with van der Waals surface area (Å²) in [5, 5.41) is 2.45. The van der Waals surface area contributed by atoms with Gasteiger partial charge < -0.3 is 10.5 Å². The molecule has 0 aromatic heterocycles. The van der Waals surface area contributed by atoms with Crippen LogP contribution in [0.15, 0.2) is 18.2 Å². The molecule has 6 heteroatoms. The number of hydrogen-bond acceptors (Lipinski definition) is 5. The van der Waals surface area contributed by atoms with E-state index in [1.54, 1.807) is 0 Å². The quantitative estimate of drug-likeness (QED) is 0.812. The minimum atomic E-state index is -0.221. The summed E-state index contributed by atoms with van der Waals surface area (Å²) >= 11 is 0. The Balaban J connectivity index is 1.43. The molecule has 3 N–H and O–H groups in total. The van der Waals surface area contributed by atoms with Gasteiger partial charge in [-0.3, -0.25) is 19.8 Å². The van der Waals surface area contributed by atoms with Crippen molar-refractivity contribution < 1.29 is 14.3 Å². The molecular weight excluding hydrogens is 318 g/mol. The summed E-state index contributed by atoms with van der Waals surface area (Å²) < 4.78 is 6.14. The predicted molar refractivity (Wildman–Crippen MR) is 92.7 cm³/mol. The van der Waals surface area contributed by atoms with Gasteiger partial charge in [-0.15, -0.1) is 0 Å². The molecule has 4 rings (SSSR count). The van der Waals surface area contributed by atoms with Gasteiger partial charge in [0.05, 0.1) is 6.04 Å². The number of hydrogen-bond donors (Lipinski definition) is 2. The van der Waals surface area contributed by atoms with E-state index in [-0.39, 0.29) is 30.0 Å². The van der Waals surface area contributed by atoms with Crippen molar-refractivity contribution >= 4 is 11.8 Å². The van der Waals surface area contributed by atoms with Crippen molar-refractivity contribution in [2.24, 2.45) is 5.73 Å². The summed E-state index contributed by atoms with van der Waals surface area (Å²) in [4.78, 5) is 25.6.